The average molecular weight is 194 g/mol. The summed E-state index contributed by atoms with van der Waals surface area (Å²) >= 11 is 1.22. The van der Waals surface area contributed by atoms with Gasteiger partial charge in [-0.2, -0.15) is 0 Å². The number of thioether (sulfide) groups is 1. The average Bonchev–Trinajstić information content (AvgIpc) is 2.12. The third-order valence-corrected chi connectivity index (χ3v) is 2.90. The van der Waals surface area contributed by atoms with Crippen LogP contribution in [0.25, 0.3) is 0 Å². The normalized spacial score (nSPS) is 12.0. The lowest BCUT2D eigenvalue weighted by atomic mass is 10.3. The van der Waals surface area contributed by atoms with Crippen molar-refractivity contribution in [2.75, 3.05) is 19.0 Å². The molecule has 0 spiro atoms. The number of aliphatic hydroxyl groups is 3. The molecule has 12 heavy (non-hydrogen) atoms. The summed E-state index contributed by atoms with van der Waals surface area (Å²) < 4.78 is 0. The van der Waals surface area contributed by atoms with E-state index in [-0.39, 0.29) is 13.2 Å². The highest BCUT2D eigenvalue weighted by Gasteiger charge is 2.24. The maximum atomic E-state index is 9.39. The van der Waals surface area contributed by atoms with Gasteiger partial charge in [-0.15, -0.1) is 11.8 Å². The fraction of sp³-hybridized carbons (Fsp3) is 1.00. The molecule has 0 aliphatic carbocycles. The fourth-order valence-electron chi connectivity index (χ4n) is 0.755. The molecule has 0 fully saturated rings. The number of rotatable bonds is 7. The Kier molecular flexibility index (Phi) is 6.84. The molecule has 0 unspecified atom stereocenters. The molecule has 74 valence electrons. The summed E-state index contributed by atoms with van der Waals surface area (Å²) in [6.45, 7) is 1.33. The Bertz CT molecular complexity index is 104. The quantitative estimate of drug-likeness (QED) is 0.410. The van der Waals surface area contributed by atoms with E-state index in [2.05, 4.69) is 6.92 Å². The van der Waals surface area contributed by atoms with E-state index in [4.69, 9.17) is 10.2 Å². The second-order valence-electron chi connectivity index (χ2n) is 2.82. The van der Waals surface area contributed by atoms with E-state index in [9.17, 15) is 5.11 Å². The molecule has 0 aromatic rings. The minimum absolute atomic E-state index is 0.389. The Labute approximate surface area is 77.8 Å². The van der Waals surface area contributed by atoms with Crippen LogP contribution in [0.5, 0.6) is 0 Å². The standard InChI is InChI=1S/C8H18O3S/c1-2-3-4-5-12-8(11,6-9)7-10/h9-11H,2-7H2,1H3. The summed E-state index contributed by atoms with van der Waals surface area (Å²) in [4.78, 5) is -1.34. The second-order valence-corrected chi connectivity index (χ2v) is 4.27. The van der Waals surface area contributed by atoms with E-state index in [1.54, 1.807) is 0 Å². The lowest BCUT2D eigenvalue weighted by molar-refractivity contribution is 0.0171. The zero-order valence-corrected chi connectivity index (χ0v) is 8.31. The summed E-state index contributed by atoms with van der Waals surface area (Å²) in [7, 11) is 0. The van der Waals surface area contributed by atoms with Gasteiger partial charge in [0.25, 0.3) is 0 Å². The van der Waals surface area contributed by atoms with Crippen LogP contribution in [0.4, 0.5) is 0 Å². The number of aliphatic hydroxyl groups excluding tert-OH is 2. The van der Waals surface area contributed by atoms with Crippen molar-refractivity contribution in [1.82, 2.24) is 0 Å². The van der Waals surface area contributed by atoms with E-state index in [0.717, 1.165) is 25.0 Å². The molecular formula is C8H18O3S. The molecule has 0 atom stereocenters. The van der Waals surface area contributed by atoms with Gasteiger partial charge in [0, 0.05) is 0 Å². The van der Waals surface area contributed by atoms with Crippen LogP contribution in [0.15, 0.2) is 0 Å². The first kappa shape index (κ1) is 12.2. The summed E-state index contributed by atoms with van der Waals surface area (Å²) in [6, 6.07) is 0. The summed E-state index contributed by atoms with van der Waals surface area (Å²) in [5.41, 5.74) is 0. The van der Waals surface area contributed by atoms with Crippen LogP contribution in [-0.2, 0) is 0 Å². The van der Waals surface area contributed by atoms with Gasteiger partial charge >= 0.3 is 0 Å². The topological polar surface area (TPSA) is 60.7 Å². The molecule has 0 heterocycles. The van der Waals surface area contributed by atoms with Crippen molar-refractivity contribution >= 4 is 11.8 Å². The summed E-state index contributed by atoms with van der Waals surface area (Å²) in [6.07, 6.45) is 3.28. The molecule has 4 heteroatoms. The Balaban J connectivity index is 3.45. The lowest BCUT2D eigenvalue weighted by Crippen LogP contribution is -2.33. The van der Waals surface area contributed by atoms with E-state index >= 15 is 0 Å². The molecule has 0 saturated heterocycles. The molecule has 0 aliphatic rings. The zero-order valence-electron chi connectivity index (χ0n) is 7.49. The van der Waals surface area contributed by atoms with Crippen molar-refractivity contribution in [2.45, 2.75) is 31.1 Å². The van der Waals surface area contributed by atoms with Gasteiger partial charge in [0.05, 0.1) is 13.2 Å². The molecule has 0 aliphatic heterocycles. The van der Waals surface area contributed by atoms with Crippen LogP contribution < -0.4 is 0 Å². The second kappa shape index (κ2) is 6.71. The summed E-state index contributed by atoms with van der Waals surface area (Å²) in [5.74, 6) is 0.783. The number of hydrogen-bond donors (Lipinski definition) is 3. The minimum atomic E-state index is -1.34. The van der Waals surface area contributed by atoms with Crippen molar-refractivity contribution in [2.24, 2.45) is 0 Å². The predicted molar refractivity (Wildman–Crippen MR) is 51.1 cm³/mol. The fourth-order valence-corrected chi connectivity index (χ4v) is 1.67. The molecule has 0 radical (unpaired) electrons. The van der Waals surface area contributed by atoms with Crippen LogP contribution in [-0.4, -0.2) is 39.2 Å². The largest absolute Gasteiger partial charge is 0.392 e. The third kappa shape index (κ3) is 4.98. The maximum absolute atomic E-state index is 9.39. The highest BCUT2D eigenvalue weighted by atomic mass is 32.2. The SMILES string of the molecule is CCCCCSC(O)(CO)CO. The Morgan fingerprint density at radius 3 is 2.17 bits per heavy atom. The Hall–Kier alpha value is 0.230. The molecule has 0 saturated carbocycles. The monoisotopic (exact) mass is 194 g/mol. The van der Waals surface area contributed by atoms with Gasteiger partial charge in [0.15, 0.2) is 4.93 Å². The van der Waals surface area contributed by atoms with Crippen molar-refractivity contribution in [3.8, 4) is 0 Å². The van der Waals surface area contributed by atoms with Gasteiger partial charge < -0.3 is 15.3 Å². The van der Waals surface area contributed by atoms with E-state index < -0.39 is 4.93 Å². The Morgan fingerprint density at radius 2 is 1.75 bits per heavy atom. The van der Waals surface area contributed by atoms with Gasteiger partial charge in [0.2, 0.25) is 0 Å². The van der Waals surface area contributed by atoms with Crippen molar-refractivity contribution in [3.05, 3.63) is 0 Å². The van der Waals surface area contributed by atoms with Gasteiger partial charge in [-0.25, -0.2) is 0 Å². The molecule has 0 aromatic heterocycles. The Morgan fingerprint density at radius 1 is 1.17 bits per heavy atom. The van der Waals surface area contributed by atoms with Crippen molar-refractivity contribution < 1.29 is 15.3 Å². The van der Waals surface area contributed by atoms with Crippen molar-refractivity contribution in [3.63, 3.8) is 0 Å². The molecule has 0 rings (SSSR count). The van der Waals surface area contributed by atoms with Gasteiger partial charge in [-0.05, 0) is 12.2 Å². The van der Waals surface area contributed by atoms with E-state index in [1.165, 1.54) is 11.8 Å². The minimum Gasteiger partial charge on any atom is -0.392 e. The van der Waals surface area contributed by atoms with Gasteiger partial charge in [-0.3, -0.25) is 0 Å². The van der Waals surface area contributed by atoms with Gasteiger partial charge in [0.1, 0.15) is 0 Å². The first-order chi connectivity index (χ1) is 5.68. The van der Waals surface area contributed by atoms with Crippen molar-refractivity contribution in [1.29, 1.82) is 0 Å². The smallest absolute Gasteiger partial charge is 0.156 e. The maximum Gasteiger partial charge on any atom is 0.156 e. The summed E-state index contributed by atoms with van der Waals surface area (Å²) in [5, 5.41) is 26.8. The number of hydrogen-bond acceptors (Lipinski definition) is 4. The highest BCUT2D eigenvalue weighted by Crippen LogP contribution is 2.22. The van der Waals surface area contributed by atoms with Gasteiger partial charge in [-0.1, -0.05) is 19.8 Å². The number of unbranched alkanes of at least 4 members (excludes halogenated alkanes) is 2. The molecular weight excluding hydrogens is 176 g/mol. The first-order valence-electron chi connectivity index (χ1n) is 4.26. The van der Waals surface area contributed by atoms with Crippen LogP contribution in [0, 0.1) is 0 Å². The van der Waals surface area contributed by atoms with Crippen LogP contribution in [0.2, 0.25) is 0 Å². The van der Waals surface area contributed by atoms with Crippen LogP contribution >= 0.6 is 11.8 Å². The molecule has 0 amide bonds. The molecule has 0 aromatic carbocycles. The lowest BCUT2D eigenvalue weighted by Gasteiger charge is -2.22. The first-order valence-corrected chi connectivity index (χ1v) is 5.25. The third-order valence-electron chi connectivity index (χ3n) is 1.61. The predicted octanol–water partition coefficient (Wildman–Crippen LogP) is 0.583. The highest BCUT2D eigenvalue weighted by molar-refractivity contribution is 8.00. The molecule has 3 N–H and O–H groups in total. The molecule has 0 bridgehead atoms. The van der Waals surface area contributed by atoms with E-state index in [0.29, 0.717) is 0 Å². The van der Waals surface area contributed by atoms with Crippen LogP contribution in [0.3, 0.4) is 0 Å². The van der Waals surface area contributed by atoms with E-state index in [1.807, 2.05) is 0 Å². The zero-order chi connectivity index (χ0) is 9.45. The van der Waals surface area contributed by atoms with Crippen LogP contribution in [0.1, 0.15) is 26.2 Å². The molecule has 3 nitrogen and oxygen atoms in total.